The Morgan fingerprint density at radius 3 is 1.20 bits per heavy atom. The maximum Gasteiger partial charge on any atom is 0.157 e. The summed E-state index contributed by atoms with van der Waals surface area (Å²) >= 11 is 0. The van der Waals surface area contributed by atoms with Gasteiger partial charge in [-0.05, 0) is 72.1 Å². The molecule has 0 aromatic rings. The highest BCUT2D eigenvalue weighted by molar-refractivity contribution is 4.68. The van der Waals surface area contributed by atoms with Crippen LogP contribution in [0.5, 0.6) is 0 Å². The highest BCUT2D eigenvalue weighted by atomic mass is 16.7. The van der Waals surface area contributed by atoms with Gasteiger partial charge in [0.2, 0.25) is 0 Å². The molecule has 0 bridgehead atoms. The van der Waals surface area contributed by atoms with Gasteiger partial charge in [0.15, 0.2) is 6.29 Å². The van der Waals surface area contributed by atoms with E-state index in [0.29, 0.717) is 6.04 Å². The third-order valence-electron chi connectivity index (χ3n) is 9.22. The number of nitrogens with zero attached hydrogens (tertiary/aromatic N) is 1. The van der Waals surface area contributed by atoms with Gasteiger partial charge >= 0.3 is 0 Å². The standard InChI is InChI=1S/C40H84N2O2/c1-6-9-12-15-18-24-29-37-43-40(44-38-30-25-19-16-13-10-7-2)34-28-23-20-22-27-33-39(41-35-31-36-42(4)5)32-26-21-17-14-11-8-3/h39-41H,6-38H2,1-5H3. The Morgan fingerprint density at radius 2 is 0.795 bits per heavy atom. The Balaban J connectivity index is 4.24. The molecule has 0 aromatic heterocycles. The third kappa shape index (κ3) is 34.7. The second-order valence-electron chi connectivity index (χ2n) is 14.1. The molecule has 0 radical (unpaired) electrons. The fourth-order valence-corrected chi connectivity index (χ4v) is 6.22. The smallest absolute Gasteiger partial charge is 0.157 e. The number of hydrogen-bond donors (Lipinski definition) is 1. The molecule has 4 nitrogen and oxygen atoms in total. The van der Waals surface area contributed by atoms with E-state index in [1.54, 1.807) is 0 Å². The molecule has 0 heterocycles. The molecule has 44 heavy (non-hydrogen) atoms. The van der Waals surface area contributed by atoms with Crippen LogP contribution in [0.25, 0.3) is 0 Å². The molecule has 0 saturated heterocycles. The number of unbranched alkanes of at least 4 members (excludes halogenated alkanes) is 21. The Hall–Kier alpha value is -0.160. The zero-order valence-corrected chi connectivity index (χ0v) is 31.3. The van der Waals surface area contributed by atoms with E-state index in [2.05, 4.69) is 45.1 Å². The summed E-state index contributed by atoms with van der Waals surface area (Å²) in [4.78, 5) is 2.30. The number of hydrogen-bond acceptors (Lipinski definition) is 4. The summed E-state index contributed by atoms with van der Waals surface area (Å²) in [5.74, 6) is 0. The molecule has 0 spiro atoms. The molecule has 0 aliphatic carbocycles. The van der Waals surface area contributed by atoms with Crippen LogP contribution in [0, 0.1) is 0 Å². The van der Waals surface area contributed by atoms with Crippen LogP contribution in [-0.2, 0) is 9.47 Å². The molecule has 0 rings (SSSR count). The average molecular weight is 625 g/mol. The van der Waals surface area contributed by atoms with E-state index in [1.165, 1.54) is 186 Å². The molecule has 1 atom stereocenters. The molecular formula is C40H84N2O2. The number of ether oxygens (including phenoxy) is 2. The van der Waals surface area contributed by atoms with E-state index in [-0.39, 0.29) is 6.29 Å². The van der Waals surface area contributed by atoms with Crippen molar-refractivity contribution in [2.45, 2.75) is 219 Å². The number of rotatable bonds is 38. The van der Waals surface area contributed by atoms with Crippen molar-refractivity contribution in [3.05, 3.63) is 0 Å². The minimum Gasteiger partial charge on any atom is -0.353 e. The van der Waals surface area contributed by atoms with Crippen LogP contribution >= 0.6 is 0 Å². The molecule has 0 aliphatic rings. The highest BCUT2D eigenvalue weighted by Crippen LogP contribution is 2.17. The van der Waals surface area contributed by atoms with Crippen LogP contribution in [0.2, 0.25) is 0 Å². The van der Waals surface area contributed by atoms with Gasteiger partial charge in [0.1, 0.15) is 0 Å². The van der Waals surface area contributed by atoms with Crippen molar-refractivity contribution in [2.75, 3.05) is 40.4 Å². The molecule has 266 valence electrons. The molecule has 0 saturated carbocycles. The number of nitrogens with one attached hydrogen (secondary N) is 1. The van der Waals surface area contributed by atoms with Gasteiger partial charge in [0, 0.05) is 19.3 Å². The van der Waals surface area contributed by atoms with E-state index >= 15 is 0 Å². The second kappa shape index (κ2) is 37.3. The quantitative estimate of drug-likeness (QED) is 0.0547. The van der Waals surface area contributed by atoms with Gasteiger partial charge < -0.3 is 19.7 Å². The molecule has 0 aliphatic heterocycles. The summed E-state index contributed by atoms with van der Waals surface area (Å²) in [5, 5.41) is 3.92. The predicted molar refractivity (Wildman–Crippen MR) is 197 cm³/mol. The van der Waals surface area contributed by atoms with Crippen molar-refractivity contribution >= 4 is 0 Å². The lowest BCUT2D eigenvalue weighted by molar-refractivity contribution is -0.148. The van der Waals surface area contributed by atoms with Crippen molar-refractivity contribution < 1.29 is 9.47 Å². The molecule has 1 unspecified atom stereocenters. The third-order valence-corrected chi connectivity index (χ3v) is 9.22. The van der Waals surface area contributed by atoms with Gasteiger partial charge in [-0.2, -0.15) is 0 Å². The molecule has 0 aromatic carbocycles. The van der Waals surface area contributed by atoms with Crippen LogP contribution in [0.1, 0.15) is 207 Å². The van der Waals surface area contributed by atoms with E-state index in [4.69, 9.17) is 9.47 Å². The van der Waals surface area contributed by atoms with Crippen LogP contribution < -0.4 is 5.32 Å². The molecule has 0 fully saturated rings. The Bertz CT molecular complexity index is 496. The van der Waals surface area contributed by atoms with Crippen molar-refractivity contribution in [1.29, 1.82) is 0 Å². The van der Waals surface area contributed by atoms with Gasteiger partial charge in [0.05, 0.1) is 0 Å². The summed E-state index contributed by atoms with van der Waals surface area (Å²) < 4.78 is 12.6. The summed E-state index contributed by atoms with van der Waals surface area (Å²) in [6, 6.07) is 0.716. The van der Waals surface area contributed by atoms with E-state index < -0.39 is 0 Å². The Morgan fingerprint density at radius 1 is 0.432 bits per heavy atom. The first-order valence-electron chi connectivity index (χ1n) is 20.2. The van der Waals surface area contributed by atoms with Gasteiger partial charge in [-0.3, -0.25) is 0 Å². The van der Waals surface area contributed by atoms with Gasteiger partial charge in [-0.1, -0.05) is 162 Å². The van der Waals surface area contributed by atoms with Gasteiger partial charge in [0.25, 0.3) is 0 Å². The average Bonchev–Trinajstić information content (AvgIpc) is 3.01. The Labute approximate surface area is 279 Å². The first kappa shape index (κ1) is 43.8. The van der Waals surface area contributed by atoms with E-state index in [1.807, 2.05) is 0 Å². The molecule has 1 N–H and O–H groups in total. The molecular weight excluding hydrogens is 540 g/mol. The van der Waals surface area contributed by atoms with Gasteiger partial charge in [-0.15, -0.1) is 0 Å². The van der Waals surface area contributed by atoms with Crippen molar-refractivity contribution in [3.63, 3.8) is 0 Å². The monoisotopic (exact) mass is 625 g/mol. The maximum absolute atomic E-state index is 6.28. The minimum absolute atomic E-state index is 0.0169. The van der Waals surface area contributed by atoms with Crippen LogP contribution in [0.4, 0.5) is 0 Å². The lowest BCUT2D eigenvalue weighted by Gasteiger charge is -2.20. The van der Waals surface area contributed by atoms with Crippen LogP contribution in [0.3, 0.4) is 0 Å². The van der Waals surface area contributed by atoms with Crippen LogP contribution in [-0.4, -0.2) is 57.6 Å². The molecule has 0 amide bonds. The van der Waals surface area contributed by atoms with Gasteiger partial charge in [-0.25, -0.2) is 0 Å². The zero-order chi connectivity index (χ0) is 32.2. The fourth-order valence-electron chi connectivity index (χ4n) is 6.22. The highest BCUT2D eigenvalue weighted by Gasteiger charge is 2.11. The van der Waals surface area contributed by atoms with Crippen molar-refractivity contribution in [2.24, 2.45) is 0 Å². The lowest BCUT2D eigenvalue weighted by atomic mass is 10.00. The van der Waals surface area contributed by atoms with E-state index in [0.717, 1.165) is 26.2 Å². The SMILES string of the molecule is CCCCCCCCCOC(CCCCCCCC(CCCCCCCC)NCCCN(C)C)OCCCCCCCCC. The topological polar surface area (TPSA) is 33.7 Å². The summed E-state index contributed by atoms with van der Waals surface area (Å²) in [6.07, 6.45) is 38.8. The largest absolute Gasteiger partial charge is 0.353 e. The normalized spacial score (nSPS) is 12.6. The van der Waals surface area contributed by atoms with E-state index in [9.17, 15) is 0 Å². The van der Waals surface area contributed by atoms with Crippen molar-refractivity contribution in [3.8, 4) is 0 Å². The first-order chi connectivity index (χ1) is 21.6. The maximum atomic E-state index is 6.28. The summed E-state index contributed by atoms with van der Waals surface area (Å²) in [7, 11) is 4.36. The minimum atomic E-state index is 0.0169. The summed E-state index contributed by atoms with van der Waals surface area (Å²) in [5.41, 5.74) is 0. The van der Waals surface area contributed by atoms with Crippen LogP contribution in [0.15, 0.2) is 0 Å². The first-order valence-corrected chi connectivity index (χ1v) is 20.2. The lowest BCUT2D eigenvalue weighted by Crippen LogP contribution is -2.31. The zero-order valence-electron chi connectivity index (χ0n) is 31.3. The second-order valence-corrected chi connectivity index (χ2v) is 14.1. The predicted octanol–water partition coefficient (Wildman–Crippen LogP) is 12.2. The van der Waals surface area contributed by atoms with Crippen molar-refractivity contribution in [1.82, 2.24) is 10.2 Å². The Kier molecular flexibility index (Phi) is 37.2. The summed E-state index contributed by atoms with van der Waals surface area (Å²) in [6.45, 7) is 11.0. The fraction of sp³-hybridized carbons (Fsp3) is 1.00. The molecule has 4 heteroatoms.